The molecular weight excluding hydrogens is 379 g/mol. The number of hydrogen-bond donors (Lipinski definition) is 1. The topological polar surface area (TPSA) is 57.2 Å². The molecule has 0 spiro atoms. The Kier molecular flexibility index (Phi) is 5.25. The van der Waals surface area contributed by atoms with Crippen LogP contribution in [0.4, 0.5) is 27.5 Å². The molecule has 1 fully saturated rings. The summed E-state index contributed by atoms with van der Waals surface area (Å²) in [4.78, 5) is 9.02. The number of anilines is 4. The summed E-state index contributed by atoms with van der Waals surface area (Å²) in [7, 11) is 0. The highest BCUT2D eigenvalue weighted by molar-refractivity contribution is 6.30. The van der Waals surface area contributed by atoms with Gasteiger partial charge in [0.05, 0.1) is 6.20 Å². The van der Waals surface area contributed by atoms with E-state index in [1.165, 1.54) is 12.1 Å². The van der Waals surface area contributed by atoms with Gasteiger partial charge < -0.3 is 15.1 Å². The second-order valence-corrected chi connectivity index (χ2v) is 7.11. The first kappa shape index (κ1) is 18.4. The van der Waals surface area contributed by atoms with Crippen LogP contribution in [0.5, 0.6) is 0 Å². The Bertz CT molecular complexity index is 957. The Labute approximate surface area is 168 Å². The third-order valence-electron chi connectivity index (χ3n) is 4.78. The molecule has 1 saturated heterocycles. The van der Waals surface area contributed by atoms with Crippen molar-refractivity contribution in [2.75, 3.05) is 41.3 Å². The van der Waals surface area contributed by atoms with E-state index in [1.807, 2.05) is 37.3 Å². The number of benzene rings is 2. The van der Waals surface area contributed by atoms with E-state index in [-0.39, 0.29) is 5.82 Å². The lowest BCUT2D eigenvalue weighted by Gasteiger charge is -2.36. The van der Waals surface area contributed by atoms with E-state index in [1.54, 1.807) is 6.20 Å². The maximum atomic E-state index is 13.1. The number of piperazine rings is 1. The maximum Gasteiger partial charge on any atom is 0.249 e. The summed E-state index contributed by atoms with van der Waals surface area (Å²) in [5.41, 5.74) is 2.93. The smallest absolute Gasteiger partial charge is 0.249 e. The molecule has 2 aromatic carbocycles. The lowest BCUT2D eigenvalue weighted by molar-refractivity contribution is 0.624. The minimum atomic E-state index is -0.217. The Hall–Kier alpha value is -2.93. The van der Waals surface area contributed by atoms with Gasteiger partial charge in [0, 0.05) is 42.6 Å². The van der Waals surface area contributed by atoms with Crippen LogP contribution in [0.15, 0.2) is 48.7 Å². The van der Waals surface area contributed by atoms with E-state index in [2.05, 4.69) is 30.3 Å². The van der Waals surface area contributed by atoms with Crippen molar-refractivity contribution >= 4 is 34.7 Å². The average Bonchev–Trinajstić information content (AvgIpc) is 2.71. The van der Waals surface area contributed by atoms with Gasteiger partial charge in [-0.3, -0.25) is 0 Å². The van der Waals surface area contributed by atoms with Crippen LogP contribution < -0.4 is 15.1 Å². The minimum absolute atomic E-state index is 0.217. The summed E-state index contributed by atoms with van der Waals surface area (Å²) in [5, 5.41) is 12.1. The predicted molar refractivity (Wildman–Crippen MR) is 110 cm³/mol. The summed E-state index contributed by atoms with van der Waals surface area (Å²) < 4.78 is 13.1. The fourth-order valence-electron chi connectivity index (χ4n) is 3.23. The summed E-state index contributed by atoms with van der Waals surface area (Å²) in [6, 6.07) is 12.2. The first-order valence-corrected chi connectivity index (χ1v) is 9.45. The number of nitrogens with zero attached hydrogens (tertiary/aromatic N) is 5. The van der Waals surface area contributed by atoms with E-state index < -0.39 is 0 Å². The molecular formula is C20H20ClFN6. The normalized spacial score (nSPS) is 14.2. The molecule has 0 bridgehead atoms. The van der Waals surface area contributed by atoms with Crippen LogP contribution in [-0.2, 0) is 0 Å². The molecule has 6 nitrogen and oxygen atoms in total. The van der Waals surface area contributed by atoms with Gasteiger partial charge in [-0.1, -0.05) is 11.6 Å². The number of aryl methyl sites for hydroxylation is 1. The van der Waals surface area contributed by atoms with E-state index in [9.17, 15) is 4.39 Å². The Morgan fingerprint density at radius 1 is 1.00 bits per heavy atom. The van der Waals surface area contributed by atoms with Crippen LogP contribution in [0.2, 0.25) is 5.02 Å². The third-order valence-corrected chi connectivity index (χ3v) is 5.01. The van der Waals surface area contributed by atoms with Gasteiger partial charge in [0.15, 0.2) is 5.82 Å². The standard InChI is InChI=1S/C20H20ClFN6/c1-14-12-15(21)2-7-18(14)24-20-25-19(13-23-26-20)28-10-8-27(9-11-28)17-5-3-16(22)4-6-17/h2-7,12-13H,8-11H2,1H3,(H,24,25,26). The van der Waals surface area contributed by atoms with Crippen LogP contribution >= 0.6 is 11.6 Å². The van der Waals surface area contributed by atoms with Crippen molar-refractivity contribution in [2.45, 2.75) is 6.92 Å². The molecule has 3 aromatic rings. The Morgan fingerprint density at radius 2 is 1.71 bits per heavy atom. The highest BCUT2D eigenvalue weighted by Crippen LogP contribution is 2.23. The van der Waals surface area contributed by atoms with Gasteiger partial charge in [0.25, 0.3) is 0 Å². The zero-order valence-electron chi connectivity index (χ0n) is 15.4. The van der Waals surface area contributed by atoms with Crippen molar-refractivity contribution in [3.63, 3.8) is 0 Å². The van der Waals surface area contributed by atoms with E-state index >= 15 is 0 Å². The van der Waals surface area contributed by atoms with E-state index in [0.29, 0.717) is 11.0 Å². The lowest BCUT2D eigenvalue weighted by atomic mass is 10.2. The highest BCUT2D eigenvalue weighted by atomic mass is 35.5. The number of aromatic nitrogens is 3. The molecule has 144 valence electrons. The number of rotatable bonds is 4. The molecule has 1 aliphatic heterocycles. The van der Waals surface area contributed by atoms with Crippen LogP contribution in [0.3, 0.4) is 0 Å². The molecule has 0 saturated carbocycles. The summed E-state index contributed by atoms with van der Waals surface area (Å²) in [5.74, 6) is 1.01. The summed E-state index contributed by atoms with van der Waals surface area (Å²) >= 11 is 6.01. The van der Waals surface area contributed by atoms with Gasteiger partial charge in [-0.15, -0.1) is 5.10 Å². The van der Waals surface area contributed by atoms with Crippen molar-refractivity contribution in [2.24, 2.45) is 0 Å². The Morgan fingerprint density at radius 3 is 2.43 bits per heavy atom. The molecule has 1 aliphatic rings. The zero-order chi connectivity index (χ0) is 19.5. The van der Waals surface area contributed by atoms with Crippen LogP contribution in [0, 0.1) is 12.7 Å². The fraction of sp³-hybridized carbons (Fsp3) is 0.250. The molecule has 1 N–H and O–H groups in total. The van der Waals surface area contributed by atoms with Crippen molar-refractivity contribution < 1.29 is 4.39 Å². The van der Waals surface area contributed by atoms with Gasteiger partial charge >= 0.3 is 0 Å². The van der Waals surface area contributed by atoms with Gasteiger partial charge in [-0.2, -0.15) is 10.1 Å². The van der Waals surface area contributed by atoms with E-state index in [0.717, 1.165) is 48.9 Å². The molecule has 2 heterocycles. The molecule has 0 aliphatic carbocycles. The van der Waals surface area contributed by atoms with Crippen LogP contribution in [0.1, 0.15) is 5.56 Å². The summed E-state index contributed by atoms with van der Waals surface area (Å²) in [6.45, 7) is 5.23. The van der Waals surface area contributed by atoms with Crippen LogP contribution in [0.25, 0.3) is 0 Å². The molecule has 0 atom stereocenters. The third kappa shape index (κ3) is 4.14. The minimum Gasteiger partial charge on any atom is -0.368 e. The monoisotopic (exact) mass is 398 g/mol. The fourth-order valence-corrected chi connectivity index (χ4v) is 3.46. The number of halogens is 2. The first-order chi connectivity index (χ1) is 13.6. The van der Waals surface area contributed by atoms with Crippen molar-refractivity contribution in [3.8, 4) is 0 Å². The predicted octanol–water partition coefficient (Wildman–Crippen LogP) is 4.04. The zero-order valence-corrected chi connectivity index (χ0v) is 16.2. The molecule has 0 radical (unpaired) electrons. The largest absolute Gasteiger partial charge is 0.368 e. The molecule has 1 aromatic heterocycles. The van der Waals surface area contributed by atoms with Gasteiger partial charge in [0.1, 0.15) is 5.82 Å². The highest BCUT2D eigenvalue weighted by Gasteiger charge is 2.19. The molecule has 4 rings (SSSR count). The summed E-state index contributed by atoms with van der Waals surface area (Å²) in [6.07, 6.45) is 1.67. The molecule has 0 unspecified atom stereocenters. The van der Waals surface area contributed by atoms with Crippen molar-refractivity contribution in [3.05, 3.63) is 65.1 Å². The van der Waals surface area contributed by atoms with Crippen LogP contribution in [-0.4, -0.2) is 41.4 Å². The van der Waals surface area contributed by atoms with Gasteiger partial charge in [-0.25, -0.2) is 4.39 Å². The van der Waals surface area contributed by atoms with E-state index in [4.69, 9.17) is 11.6 Å². The Balaban J connectivity index is 1.43. The van der Waals surface area contributed by atoms with Crippen molar-refractivity contribution in [1.29, 1.82) is 0 Å². The number of hydrogen-bond acceptors (Lipinski definition) is 6. The molecule has 28 heavy (non-hydrogen) atoms. The van der Waals surface area contributed by atoms with Gasteiger partial charge in [-0.05, 0) is 55.0 Å². The van der Waals surface area contributed by atoms with Crippen molar-refractivity contribution in [1.82, 2.24) is 15.2 Å². The lowest BCUT2D eigenvalue weighted by Crippen LogP contribution is -2.46. The quantitative estimate of drug-likeness (QED) is 0.715. The second kappa shape index (κ2) is 7.98. The number of nitrogens with one attached hydrogen (secondary N) is 1. The SMILES string of the molecule is Cc1cc(Cl)ccc1Nc1nncc(N2CCN(c3ccc(F)cc3)CC2)n1. The first-order valence-electron chi connectivity index (χ1n) is 9.07. The molecule has 0 amide bonds. The molecule has 8 heteroatoms. The maximum absolute atomic E-state index is 13.1. The second-order valence-electron chi connectivity index (χ2n) is 6.67. The average molecular weight is 399 g/mol. The van der Waals surface area contributed by atoms with Gasteiger partial charge in [0.2, 0.25) is 5.95 Å².